The molecule has 4 rings (SSSR count). The molecule has 0 radical (unpaired) electrons. The zero-order chi connectivity index (χ0) is 22.8. The summed E-state index contributed by atoms with van der Waals surface area (Å²) < 4.78 is 5.32. The Labute approximate surface area is 189 Å². The van der Waals surface area contributed by atoms with Crippen LogP contribution in [0, 0.1) is 13.8 Å². The van der Waals surface area contributed by atoms with Gasteiger partial charge in [-0.15, -0.1) is 0 Å². The minimum Gasteiger partial charge on any atom is -0.496 e. The number of nitrogens with zero attached hydrogens (tertiary/aromatic N) is 4. The van der Waals surface area contributed by atoms with Gasteiger partial charge in [0.15, 0.2) is 0 Å². The fourth-order valence-electron chi connectivity index (χ4n) is 4.77. The van der Waals surface area contributed by atoms with E-state index < -0.39 is 0 Å². The molecule has 1 aromatic carbocycles. The highest BCUT2D eigenvalue weighted by Gasteiger charge is 2.32. The van der Waals surface area contributed by atoms with Crippen molar-refractivity contribution in [2.45, 2.75) is 58.3 Å². The van der Waals surface area contributed by atoms with Gasteiger partial charge >= 0.3 is 0 Å². The molecule has 1 atom stereocenters. The van der Waals surface area contributed by atoms with Gasteiger partial charge in [-0.1, -0.05) is 12.1 Å². The third-order valence-corrected chi connectivity index (χ3v) is 6.68. The van der Waals surface area contributed by atoms with Gasteiger partial charge in [0.05, 0.1) is 13.5 Å². The lowest BCUT2D eigenvalue weighted by Gasteiger charge is -2.32. The van der Waals surface area contributed by atoms with Crippen molar-refractivity contribution in [1.29, 1.82) is 0 Å². The second kappa shape index (κ2) is 9.27. The molecule has 7 nitrogen and oxygen atoms in total. The Hall–Kier alpha value is -2.96. The van der Waals surface area contributed by atoms with Crippen LogP contribution < -0.4 is 9.64 Å². The maximum atomic E-state index is 12.9. The van der Waals surface area contributed by atoms with Crippen LogP contribution in [0.1, 0.15) is 59.8 Å². The molecular weight excluding hydrogens is 404 g/mol. The number of carbonyl (C=O) groups is 2. The molecule has 1 aromatic heterocycles. The molecule has 3 heterocycles. The van der Waals surface area contributed by atoms with E-state index in [1.807, 2.05) is 24.8 Å². The van der Waals surface area contributed by atoms with Gasteiger partial charge in [-0.25, -0.2) is 9.97 Å². The van der Waals surface area contributed by atoms with Crippen LogP contribution in [0.3, 0.4) is 0 Å². The molecule has 1 saturated heterocycles. The minimum atomic E-state index is 0.0575. The van der Waals surface area contributed by atoms with Crippen molar-refractivity contribution >= 4 is 17.6 Å². The normalized spacial score (nSPS) is 18.1. The average Bonchev–Trinajstić information content (AvgIpc) is 3.08. The van der Waals surface area contributed by atoms with Gasteiger partial charge in [0.25, 0.3) is 0 Å². The number of fused-ring (bicyclic) bond motifs is 1. The molecule has 2 aliphatic heterocycles. The van der Waals surface area contributed by atoms with E-state index in [4.69, 9.17) is 14.7 Å². The molecule has 0 aliphatic carbocycles. The molecule has 0 spiro atoms. The number of rotatable bonds is 6. The summed E-state index contributed by atoms with van der Waals surface area (Å²) in [5.41, 5.74) is 4.15. The predicted molar refractivity (Wildman–Crippen MR) is 123 cm³/mol. The zero-order valence-corrected chi connectivity index (χ0v) is 19.5. The van der Waals surface area contributed by atoms with E-state index in [0.29, 0.717) is 19.4 Å². The maximum Gasteiger partial charge on any atom is 0.232 e. The van der Waals surface area contributed by atoms with Crippen molar-refractivity contribution in [2.24, 2.45) is 0 Å². The number of likely N-dealkylation sites (tertiary alicyclic amines) is 1. The van der Waals surface area contributed by atoms with Gasteiger partial charge < -0.3 is 9.64 Å². The first kappa shape index (κ1) is 22.2. The third kappa shape index (κ3) is 4.47. The van der Waals surface area contributed by atoms with Crippen LogP contribution >= 0.6 is 0 Å². The maximum absolute atomic E-state index is 12.9. The number of methoxy groups -OCH3 is 1. The average molecular weight is 437 g/mol. The molecule has 32 heavy (non-hydrogen) atoms. The molecule has 0 unspecified atom stereocenters. The summed E-state index contributed by atoms with van der Waals surface area (Å²) in [6, 6.07) is 6.20. The van der Waals surface area contributed by atoms with Crippen LogP contribution in [0.15, 0.2) is 18.2 Å². The van der Waals surface area contributed by atoms with Crippen molar-refractivity contribution in [3.63, 3.8) is 0 Å². The van der Waals surface area contributed by atoms with E-state index in [1.54, 1.807) is 19.1 Å². The van der Waals surface area contributed by atoms with E-state index in [-0.39, 0.29) is 17.7 Å². The predicted octanol–water partition coefficient (Wildman–Crippen LogP) is 3.35. The topological polar surface area (TPSA) is 75.6 Å². The summed E-state index contributed by atoms with van der Waals surface area (Å²) in [5.74, 6) is 2.76. The smallest absolute Gasteiger partial charge is 0.232 e. The number of aromatic nitrogens is 2. The molecule has 2 aliphatic rings. The Morgan fingerprint density at radius 2 is 2.06 bits per heavy atom. The van der Waals surface area contributed by atoms with Gasteiger partial charge in [-0.2, -0.15) is 0 Å². The zero-order valence-electron chi connectivity index (χ0n) is 19.5. The van der Waals surface area contributed by atoms with Gasteiger partial charge in [0, 0.05) is 43.7 Å². The Morgan fingerprint density at radius 1 is 1.25 bits per heavy atom. The molecule has 0 saturated carbocycles. The number of amides is 2. The van der Waals surface area contributed by atoms with Crippen LogP contribution in [0.4, 0.5) is 5.82 Å². The number of carbonyl (C=O) groups excluding carboxylic acids is 2. The van der Waals surface area contributed by atoms with E-state index in [0.717, 1.165) is 66.4 Å². The van der Waals surface area contributed by atoms with E-state index >= 15 is 0 Å². The van der Waals surface area contributed by atoms with E-state index in [1.165, 1.54) is 5.56 Å². The van der Waals surface area contributed by atoms with Crippen molar-refractivity contribution in [3.8, 4) is 5.75 Å². The van der Waals surface area contributed by atoms with Crippen LogP contribution in [-0.4, -0.2) is 53.9 Å². The highest BCUT2D eigenvalue weighted by atomic mass is 16.5. The van der Waals surface area contributed by atoms with E-state index in [9.17, 15) is 9.59 Å². The first-order valence-electron chi connectivity index (χ1n) is 11.4. The monoisotopic (exact) mass is 436 g/mol. The van der Waals surface area contributed by atoms with Gasteiger partial charge in [-0.3, -0.25) is 14.5 Å². The highest BCUT2D eigenvalue weighted by molar-refractivity contribution is 5.99. The highest BCUT2D eigenvalue weighted by Crippen LogP contribution is 2.32. The molecule has 0 N–H and O–H groups in total. The second-order valence-electron chi connectivity index (χ2n) is 8.94. The molecule has 0 bridgehead atoms. The Bertz CT molecular complexity index is 1040. The fraction of sp³-hybridized carbons (Fsp3) is 0.520. The number of hydrogen-bond acceptors (Lipinski definition) is 5. The first-order chi connectivity index (χ1) is 15.4. The Balaban J connectivity index is 1.36. The van der Waals surface area contributed by atoms with E-state index in [2.05, 4.69) is 12.1 Å². The number of ether oxygens (including phenoxy) is 1. The van der Waals surface area contributed by atoms with Gasteiger partial charge in [-0.05, 0) is 56.7 Å². The molecule has 2 amide bonds. The van der Waals surface area contributed by atoms with Gasteiger partial charge in [0.1, 0.15) is 17.4 Å². The van der Waals surface area contributed by atoms with Crippen LogP contribution in [-0.2, 0) is 22.4 Å². The lowest BCUT2D eigenvalue weighted by atomic mass is 9.96. The van der Waals surface area contributed by atoms with Crippen LogP contribution in [0.2, 0.25) is 0 Å². The summed E-state index contributed by atoms with van der Waals surface area (Å²) >= 11 is 0. The number of likely N-dealkylation sites (N-methyl/N-ethyl adjacent to an activating group) is 1. The number of aryl methyl sites for hydroxylation is 3. The van der Waals surface area contributed by atoms with Crippen LogP contribution in [0.5, 0.6) is 5.75 Å². The first-order valence-corrected chi connectivity index (χ1v) is 11.4. The summed E-state index contributed by atoms with van der Waals surface area (Å²) in [6.07, 6.45) is 4.53. The van der Waals surface area contributed by atoms with Crippen molar-refractivity contribution in [3.05, 3.63) is 46.4 Å². The minimum absolute atomic E-state index is 0.0575. The van der Waals surface area contributed by atoms with Crippen molar-refractivity contribution in [2.75, 3.05) is 32.1 Å². The number of hydrogen-bond donors (Lipinski definition) is 0. The third-order valence-electron chi connectivity index (χ3n) is 6.68. The van der Waals surface area contributed by atoms with Crippen molar-refractivity contribution in [1.82, 2.24) is 14.9 Å². The summed E-state index contributed by atoms with van der Waals surface area (Å²) in [7, 11) is 3.45. The number of benzene rings is 1. The van der Waals surface area contributed by atoms with Gasteiger partial charge in [0.2, 0.25) is 11.8 Å². The molecule has 170 valence electrons. The second-order valence-corrected chi connectivity index (χ2v) is 8.94. The fourth-order valence-corrected chi connectivity index (χ4v) is 4.77. The number of piperidine rings is 1. The summed E-state index contributed by atoms with van der Waals surface area (Å²) in [4.78, 5) is 38.0. The number of anilines is 1. The summed E-state index contributed by atoms with van der Waals surface area (Å²) in [5, 5.41) is 0. The van der Waals surface area contributed by atoms with Crippen molar-refractivity contribution < 1.29 is 14.3 Å². The molecule has 7 heteroatoms. The SMILES string of the molecule is COc1ccc(CCCC(=O)N2CCC[C@@H](c3nc(C)c4c(n3)N(C)C(=O)C4)C2)cc1C. The largest absolute Gasteiger partial charge is 0.496 e. The lowest BCUT2D eigenvalue weighted by Crippen LogP contribution is -2.39. The summed E-state index contributed by atoms with van der Waals surface area (Å²) in [6.45, 7) is 5.43. The molecule has 1 fully saturated rings. The molecular formula is C25H32N4O3. The Kier molecular flexibility index (Phi) is 6.44. The Morgan fingerprint density at radius 3 is 2.81 bits per heavy atom. The lowest BCUT2D eigenvalue weighted by molar-refractivity contribution is -0.132. The van der Waals surface area contributed by atoms with Crippen LogP contribution in [0.25, 0.3) is 0 Å². The standard InChI is InChI=1S/C25H32N4O3/c1-16-13-18(10-11-21(16)32-4)7-5-9-22(30)29-12-6-8-19(15-29)24-26-17(2)20-14-23(31)28(3)25(20)27-24/h10-11,13,19H,5-9,12,14-15H2,1-4H3/t19-/m1/s1. The quantitative estimate of drug-likeness (QED) is 0.694. The molecule has 2 aromatic rings.